The molecule has 1 aromatic rings. The molecule has 0 bridgehead atoms. The number of halogens is 1. The molecule has 1 aliphatic carbocycles. The predicted molar refractivity (Wildman–Crippen MR) is 116 cm³/mol. The van der Waals surface area contributed by atoms with E-state index >= 15 is 0 Å². The minimum absolute atomic E-state index is 0.0973. The Morgan fingerprint density at radius 1 is 1.28 bits per heavy atom. The number of unbranched alkanes of at least 4 members (excludes halogenated alkanes) is 1. The van der Waals surface area contributed by atoms with Gasteiger partial charge in [0.05, 0.1) is 22.6 Å². The van der Waals surface area contributed by atoms with Crippen molar-refractivity contribution in [1.82, 2.24) is 0 Å². The summed E-state index contributed by atoms with van der Waals surface area (Å²) in [5, 5.41) is 39.5. The Morgan fingerprint density at radius 2 is 2.07 bits per heavy atom. The summed E-state index contributed by atoms with van der Waals surface area (Å²) >= 11 is 7.43. The van der Waals surface area contributed by atoms with E-state index in [2.05, 4.69) is 0 Å². The maximum Gasteiger partial charge on any atom is 0.158 e. The molecule has 5 atom stereocenters. The Bertz CT molecular complexity index is 686. The molecule has 2 rings (SSSR count). The number of aryl methyl sites for hydroxylation is 1. The number of rotatable bonds is 12. The first kappa shape index (κ1) is 24.3. The van der Waals surface area contributed by atoms with Gasteiger partial charge in [0.25, 0.3) is 0 Å². The number of allylic oxidation sites excluding steroid dienone is 2. The van der Waals surface area contributed by atoms with Crippen molar-refractivity contribution in [2.24, 2.45) is 11.8 Å². The summed E-state index contributed by atoms with van der Waals surface area (Å²) in [5.41, 5.74) is 0. The molecule has 0 aromatic carbocycles. The zero-order valence-corrected chi connectivity index (χ0v) is 18.1. The Hall–Kier alpha value is -1.02. The number of carbonyl (C=O) groups is 1. The summed E-state index contributed by atoms with van der Waals surface area (Å²) in [4.78, 5) is 12.2. The van der Waals surface area contributed by atoms with E-state index in [1.807, 2.05) is 30.4 Å². The van der Waals surface area contributed by atoms with Crippen LogP contribution in [0.25, 0.3) is 0 Å². The van der Waals surface area contributed by atoms with Crippen molar-refractivity contribution >= 4 is 28.7 Å². The van der Waals surface area contributed by atoms with Gasteiger partial charge in [-0.1, -0.05) is 35.9 Å². The molecule has 7 heteroatoms. The molecule has 0 radical (unpaired) electrons. The lowest BCUT2D eigenvalue weighted by molar-refractivity contribution is -0.121. The number of carbonyl (C=O) groups excluding carboxylic acids is 1. The number of aliphatic hydroxyl groups is 4. The van der Waals surface area contributed by atoms with Crippen LogP contribution >= 0.6 is 22.9 Å². The largest absolute Gasteiger partial charge is 0.393 e. The van der Waals surface area contributed by atoms with Crippen molar-refractivity contribution in [3.63, 3.8) is 0 Å². The summed E-state index contributed by atoms with van der Waals surface area (Å²) in [6.07, 6.45) is 9.79. The van der Waals surface area contributed by atoms with E-state index in [1.54, 1.807) is 6.08 Å². The Morgan fingerprint density at radius 3 is 2.76 bits per heavy atom. The SMILES string of the molecule is O=C(CO)CCC/C=C\C[C@H]1C(O)CC(O)[C@@H]1/C=C/C(O)CCc1ccc(Cl)s1. The van der Waals surface area contributed by atoms with Crippen LogP contribution in [0.3, 0.4) is 0 Å². The van der Waals surface area contributed by atoms with Gasteiger partial charge < -0.3 is 20.4 Å². The summed E-state index contributed by atoms with van der Waals surface area (Å²) in [6, 6.07) is 3.81. The minimum atomic E-state index is -0.620. The summed E-state index contributed by atoms with van der Waals surface area (Å²) < 4.78 is 0.740. The molecule has 29 heavy (non-hydrogen) atoms. The quantitative estimate of drug-likeness (QED) is 0.294. The summed E-state index contributed by atoms with van der Waals surface area (Å²) in [6.45, 7) is -0.406. The van der Waals surface area contributed by atoms with Crippen molar-refractivity contribution in [3.8, 4) is 0 Å². The second-order valence-corrected chi connectivity index (χ2v) is 9.40. The van der Waals surface area contributed by atoms with E-state index in [0.717, 1.165) is 22.1 Å². The predicted octanol–water partition coefficient (Wildman–Crippen LogP) is 3.29. The number of Topliss-reactive ketones (excluding diaryl/α,β-unsaturated/α-hetero) is 1. The molecule has 5 nitrogen and oxygen atoms in total. The standard InChI is InChI=1S/C22H31ClO5S/c23-22-12-10-17(29-22)9-7-15(25)8-11-19-18(20(27)13-21(19)28)6-4-2-1-3-5-16(26)14-24/h2,4,8,10-12,15,18-21,24-25,27-28H,1,3,5-7,9,13-14H2/b4-2-,11-8+/t15?,18-,19-,20?,21?/m1/s1. The van der Waals surface area contributed by atoms with Crippen molar-refractivity contribution in [2.75, 3.05) is 6.61 Å². The number of ketones is 1. The van der Waals surface area contributed by atoms with Gasteiger partial charge in [0.2, 0.25) is 0 Å². The molecule has 1 heterocycles. The molecule has 1 aromatic heterocycles. The molecule has 1 aliphatic rings. The average Bonchev–Trinajstić information content (AvgIpc) is 3.23. The zero-order valence-electron chi connectivity index (χ0n) is 16.5. The number of hydrogen-bond donors (Lipinski definition) is 4. The van der Waals surface area contributed by atoms with Gasteiger partial charge in [-0.25, -0.2) is 0 Å². The summed E-state index contributed by atoms with van der Waals surface area (Å²) in [5.74, 6) is -0.449. The smallest absolute Gasteiger partial charge is 0.158 e. The van der Waals surface area contributed by atoms with Gasteiger partial charge in [0, 0.05) is 23.6 Å². The maximum atomic E-state index is 11.1. The highest BCUT2D eigenvalue weighted by Crippen LogP contribution is 2.36. The minimum Gasteiger partial charge on any atom is -0.393 e. The second-order valence-electron chi connectivity index (χ2n) is 7.60. The molecule has 162 valence electrons. The molecular weight excluding hydrogens is 412 g/mol. The fraction of sp³-hybridized carbons (Fsp3) is 0.591. The fourth-order valence-corrected chi connectivity index (χ4v) is 4.81. The van der Waals surface area contributed by atoms with E-state index in [9.17, 15) is 20.1 Å². The van der Waals surface area contributed by atoms with Crippen LogP contribution in [0.4, 0.5) is 0 Å². The van der Waals surface area contributed by atoms with E-state index in [1.165, 1.54) is 11.3 Å². The number of hydrogen-bond acceptors (Lipinski definition) is 6. The lowest BCUT2D eigenvalue weighted by Crippen LogP contribution is -2.20. The highest BCUT2D eigenvalue weighted by molar-refractivity contribution is 7.16. The second kappa shape index (κ2) is 12.6. The van der Waals surface area contributed by atoms with Crippen LogP contribution < -0.4 is 0 Å². The zero-order chi connectivity index (χ0) is 21.2. The van der Waals surface area contributed by atoms with E-state index < -0.39 is 24.9 Å². The molecule has 1 saturated carbocycles. The van der Waals surface area contributed by atoms with Crippen LogP contribution in [0, 0.1) is 11.8 Å². The van der Waals surface area contributed by atoms with E-state index in [-0.39, 0.29) is 17.6 Å². The van der Waals surface area contributed by atoms with Crippen LogP contribution in [0.1, 0.15) is 43.4 Å². The third-order valence-electron chi connectivity index (χ3n) is 5.36. The Balaban J connectivity index is 1.80. The fourth-order valence-electron chi connectivity index (χ4n) is 3.70. The molecule has 0 aliphatic heterocycles. The van der Waals surface area contributed by atoms with Gasteiger partial charge in [-0.2, -0.15) is 0 Å². The number of aliphatic hydroxyl groups excluding tert-OH is 4. The van der Waals surface area contributed by atoms with Gasteiger partial charge in [-0.3, -0.25) is 4.79 Å². The first-order chi connectivity index (χ1) is 13.9. The van der Waals surface area contributed by atoms with Crippen LogP contribution in [-0.4, -0.2) is 51.1 Å². The molecular formula is C22H31ClO5S. The van der Waals surface area contributed by atoms with Gasteiger partial charge in [0.1, 0.15) is 6.61 Å². The van der Waals surface area contributed by atoms with Crippen molar-refractivity contribution in [3.05, 3.63) is 45.7 Å². The first-order valence-electron chi connectivity index (χ1n) is 10.1. The molecule has 3 unspecified atom stereocenters. The van der Waals surface area contributed by atoms with Crippen molar-refractivity contribution in [1.29, 1.82) is 0 Å². The monoisotopic (exact) mass is 442 g/mol. The Kier molecular flexibility index (Phi) is 10.6. The van der Waals surface area contributed by atoms with Gasteiger partial charge >= 0.3 is 0 Å². The molecule has 4 N–H and O–H groups in total. The van der Waals surface area contributed by atoms with E-state index in [4.69, 9.17) is 16.7 Å². The average molecular weight is 443 g/mol. The van der Waals surface area contributed by atoms with Crippen molar-refractivity contribution < 1.29 is 25.2 Å². The van der Waals surface area contributed by atoms with Crippen molar-refractivity contribution in [2.45, 2.75) is 63.3 Å². The van der Waals surface area contributed by atoms with Crippen LogP contribution in [-0.2, 0) is 11.2 Å². The highest BCUT2D eigenvalue weighted by atomic mass is 35.5. The van der Waals surface area contributed by atoms with Gasteiger partial charge in [-0.05, 0) is 50.2 Å². The third kappa shape index (κ3) is 8.32. The highest BCUT2D eigenvalue weighted by Gasteiger charge is 2.39. The van der Waals surface area contributed by atoms with E-state index in [0.29, 0.717) is 32.1 Å². The lowest BCUT2D eigenvalue weighted by Gasteiger charge is -2.19. The van der Waals surface area contributed by atoms with Gasteiger partial charge in [-0.15, -0.1) is 11.3 Å². The maximum absolute atomic E-state index is 11.1. The normalized spacial score (nSPS) is 26.0. The first-order valence-corrected chi connectivity index (χ1v) is 11.3. The van der Waals surface area contributed by atoms with Crippen LogP contribution in [0.2, 0.25) is 4.34 Å². The summed E-state index contributed by atoms with van der Waals surface area (Å²) in [7, 11) is 0. The Labute approximate surface area is 181 Å². The van der Waals surface area contributed by atoms with Crippen LogP contribution in [0.5, 0.6) is 0 Å². The molecule has 1 fully saturated rings. The lowest BCUT2D eigenvalue weighted by atomic mass is 9.89. The van der Waals surface area contributed by atoms with Gasteiger partial charge in [0.15, 0.2) is 5.78 Å². The number of thiophene rings is 1. The molecule has 0 amide bonds. The molecule has 0 saturated heterocycles. The molecule has 0 spiro atoms. The van der Waals surface area contributed by atoms with Crippen LogP contribution in [0.15, 0.2) is 36.4 Å². The topological polar surface area (TPSA) is 98.0 Å². The third-order valence-corrected chi connectivity index (χ3v) is 6.66.